The molecular weight excluding hydrogens is 438 g/mol. The van der Waals surface area contributed by atoms with Crippen molar-refractivity contribution < 1.29 is 23.1 Å². The Morgan fingerprint density at radius 1 is 1.17 bits per heavy atom. The Labute approximate surface area is 179 Å². The summed E-state index contributed by atoms with van der Waals surface area (Å²) in [4.78, 5) is 29.2. The minimum atomic E-state index is -1.02. The maximum Gasteiger partial charge on any atom is 0.276 e. The van der Waals surface area contributed by atoms with Gasteiger partial charge in [0, 0.05) is 32.0 Å². The van der Waals surface area contributed by atoms with Crippen LogP contribution in [0.3, 0.4) is 0 Å². The highest BCUT2D eigenvalue weighted by Crippen LogP contribution is 2.47. The maximum atomic E-state index is 13.7. The van der Waals surface area contributed by atoms with Crippen molar-refractivity contribution in [1.82, 2.24) is 18.5 Å². The topological polar surface area (TPSA) is 75.6 Å². The van der Waals surface area contributed by atoms with Gasteiger partial charge in [-0.3, -0.25) is 9.59 Å². The monoisotopic (exact) mass is 454 g/mol. The van der Waals surface area contributed by atoms with Gasteiger partial charge < -0.3 is 14.5 Å². The van der Waals surface area contributed by atoms with Gasteiger partial charge in [-0.15, -0.1) is 0 Å². The first-order chi connectivity index (χ1) is 14.4. The largest absolute Gasteiger partial charge is 0.342 e. The van der Waals surface area contributed by atoms with E-state index >= 15 is 0 Å². The van der Waals surface area contributed by atoms with Gasteiger partial charge >= 0.3 is 0 Å². The Morgan fingerprint density at radius 2 is 1.87 bits per heavy atom. The highest BCUT2D eigenvalue weighted by atomic mass is 35.5. The first-order valence-electron chi connectivity index (χ1n) is 9.62. The molecule has 2 atom stereocenters. The van der Waals surface area contributed by atoms with Crippen LogP contribution in [0.5, 0.6) is 0 Å². The lowest BCUT2D eigenvalue weighted by Gasteiger charge is -2.37. The molecule has 3 aliphatic rings. The smallest absolute Gasteiger partial charge is 0.276 e. The van der Waals surface area contributed by atoms with E-state index in [4.69, 9.17) is 16.3 Å². The van der Waals surface area contributed by atoms with Gasteiger partial charge in [-0.1, -0.05) is 11.6 Å². The van der Waals surface area contributed by atoms with Crippen molar-refractivity contribution in [3.8, 4) is 0 Å². The van der Waals surface area contributed by atoms with Crippen molar-refractivity contribution in [2.24, 2.45) is 0 Å². The molecule has 0 N–H and O–H groups in total. The third kappa shape index (κ3) is 3.09. The quantitative estimate of drug-likeness (QED) is 0.696. The molecule has 1 aromatic carbocycles. The number of carbonyl (C=O) groups excluding carboxylic acids is 2. The van der Waals surface area contributed by atoms with Crippen molar-refractivity contribution >= 4 is 35.1 Å². The van der Waals surface area contributed by atoms with Gasteiger partial charge in [-0.25, -0.2) is 8.78 Å². The van der Waals surface area contributed by atoms with Crippen LogP contribution < -0.4 is 0 Å². The SMILES string of the molecule is O=C(c1nsnc1Cl)N1CCC2(CC1)OC1CC[C@@H](c3cc(F)cc(F)c3)N1C2=O. The second-order valence-corrected chi connectivity index (χ2v) is 8.66. The van der Waals surface area contributed by atoms with Crippen molar-refractivity contribution in [2.45, 2.75) is 43.6 Å². The Morgan fingerprint density at radius 3 is 2.50 bits per heavy atom. The molecule has 0 aliphatic carbocycles. The molecule has 30 heavy (non-hydrogen) atoms. The van der Waals surface area contributed by atoms with Gasteiger partial charge in [-0.05, 0) is 30.5 Å². The first-order valence-corrected chi connectivity index (χ1v) is 10.7. The Hall–Kier alpha value is -2.17. The third-order valence-electron chi connectivity index (χ3n) is 6.10. The molecule has 4 heterocycles. The predicted octanol–water partition coefficient (Wildman–Crippen LogP) is 3.16. The van der Waals surface area contributed by atoms with Crippen LogP contribution in [0.2, 0.25) is 5.15 Å². The van der Waals surface area contributed by atoms with Gasteiger partial charge in [-0.2, -0.15) is 8.75 Å². The molecule has 11 heteroatoms. The summed E-state index contributed by atoms with van der Waals surface area (Å²) >= 11 is 6.78. The van der Waals surface area contributed by atoms with Crippen LogP contribution in [0, 0.1) is 11.6 Å². The number of carbonyl (C=O) groups is 2. The van der Waals surface area contributed by atoms with Crippen molar-refractivity contribution in [3.05, 3.63) is 46.2 Å². The molecule has 158 valence electrons. The molecule has 0 bridgehead atoms. The lowest BCUT2D eigenvalue weighted by Crippen LogP contribution is -2.51. The molecule has 1 unspecified atom stereocenters. The molecule has 1 aromatic heterocycles. The average molecular weight is 455 g/mol. The fourth-order valence-corrected chi connectivity index (χ4v) is 5.38. The van der Waals surface area contributed by atoms with Crippen LogP contribution in [0.4, 0.5) is 8.78 Å². The minimum absolute atomic E-state index is 0.0734. The van der Waals surface area contributed by atoms with Crippen LogP contribution >= 0.6 is 23.3 Å². The zero-order chi connectivity index (χ0) is 21.0. The number of hydrogen-bond acceptors (Lipinski definition) is 6. The van der Waals surface area contributed by atoms with Gasteiger partial charge in [0.2, 0.25) is 0 Å². The van der Waals surface area contributed by atoms with Crippen molar-refractivity contribution in [1.29, 1.82) is 0 Å². The van der Waals surface area contributed by atoms with Crippen LogP contribution in [-0.4, -0.2) is 55.3 Å². The highest BCUT2D eigenvalue weighted by molar-refractivity contribution is 6.99. The van der Waals surface area contributed by atoms with E-state index in [1.807, 2.05) is 0 Å². The predicted molar refractivity (Wildman–Crippen MR) is 103 cm³/mol. The van der Waals surface area contributed by atoms with E-state index in [1.165, 1.54) is 12.1 Å². The summed E-state index contributed by atoms with van der Waals surface area (Å²) in [7, 11) is 0. The summed E-state index contributed by atoms with van der Waals surface area (Å²) in [5, 5.41) is 0.0734. The van der Waals surface area contributed by atoms with E-state index in [1.54, 1.807) is 9.80 Å². The van der Waals surface area contributed by atoms with E-state index in [0.29, 0.717) is 44.3 Å². The normalized spacial score (nSPS) is 25.2. The number of nitrogens with zero attached hydrogens (tertiary/aromatic N) is 4. The number of fused-ring (bicyclic) bond motifs is 1. The number of amides is 2. The van der Waals surface area contributed by atoms with E-state index in [2.05, 4.69) is 8.75 Å². The second kappa shape index (κ2) is 7.21. The van der Waals surface area contributed by atoms with Gasteiger partial charge in [0.05, 0.1) is 17.8 Å². The van der Waals surface area contributed by atoms with E-state index in [-0.39, 0.29) is 22.7 Å². The van der Waals surface area contributed by atoms with E-state index < -0.39 is 29.5 Å². The molecule has 3 aliphatic heterocycles. The number of aromatic nitrogens is 2. The van der Waals surface area contributed by atoms with Crippen molar-refractivity contribution in [2.75, 3.05) is 13.1 Å². The molecule has 2 amide bonds. The number of ether oxygens (including phenoxy) is 1. The molecule has 5 rings (SSSR count). The van der Waals surface area contributed by atoms with Crippen LogP contribution in [-0.2, 0) is 9.53 Å². The van der Waals surface area contributed by atoms with E-state index in [9.17, 15) is 18.4 Å². The number of rotatable bonds is 2. The minimum Gasteiger partial charge on any atom is -0.342 e. The second-order valence-electron chi connectivity index (χ2n) is 7.77. The van der Waals surface area contributed by atoms with Crippen LogP contribution in [0.1, 0.15) is 47.8 Å². The number of piperidine rings is 1. The zero-order valence-corrected chi connectivity index (χ0v) is 17.3. The maximum absolute atomic E-state index is 13.7. The Kier molecular flexibility index (Phi) is 4.75. The molecular formula is C19H17ClF2N4O3S. The van der Waals surface area contributed by atoms with Gasteiger partial charge in [0.15, 0.2) is 16.4 Å². The molecule has 3 saturated heterocycles. The fourth-order valence-electron chi connectivity index (χ4n) is 4.67. The molecule has 3 fully saturated rings. The number of benzene rings is 1. The Bertz CT molecular complexity index is 1010. The fraction of sp³-hybridized carbons (Fsp3) is 0.474. The average Bonchev–Trinajstić information content (AvgIpc) is 3.38. The summed E-state index contributed by atoms with van der Waals surface area (Å²) in [5.41, 5.74) is -0.469. The molecule has 7 nitrogen and oxygen atoms in total. The first kappa shape index (κ1) is 19.8. The summed E-state index contributed by atoms with van der Waals surface area (Å²) in [6.45, 7) is 0.635. The molecule has 0 radical (unpaired) electrons. The standard InChI is InChI=1S/C19H17ClF2N4O3S/c20-16-15(23-30-24-16)17(27)25-5-3-19(4-6-25)18(28)26-13(1-2-14(26)29-19)10-7-11(21)9-12(22)8-10/h7-9,13-14H,1-6H2/t13-,14?/m0/s1. The van der Waals surface area contributed by atoms with Crippen LogP contribution in [0.25, 0.3) is 0 Å². The van der Waals surface area contributed by atoms with Gasteiger partial charge in [0.25, 0.3) is 11.8 Å². The van der Waals surface area contributed by atoms with Gasteiger partial charge in [0.1, 0.15) is 17.9 Å². The third-order valence-corrected chi connectivity index (χ3v) is 6.99. The summed E-state index contributed by atoms with van der Waals surface area (Å²) in [6, 6.07) is 2.92. The summed E-state index contributed by atoms with van der Waals surface area (Å²) < 4.78 is 41.3. The number of likely N-dealkylation sites (tertiary alicyclic amines) is 1. The summed E-state index contributed by atoms with van der Waals surface area (Å²) in [6.07, 6.45) is 1.43. The van der Waals surface area contributed by atoms with E-state index in [0.717, 1.165) is 17.8 Å². The summed E-state index contributed by atoms with van der Waals surface area (Å²) in [5.74, 6) is -1.83. The van der Waals surface area contributed by atoms with Crippen molar-refractivity contribution in [3.63, 3.8) is 0 Å². The zero-order valence-electron chi connectivity index (χ0n) is 15.7. The number of hydrogen-bond donors (Lipinski definition) is 0. The lowest BCUT2D eigenvalue weighted by molar-refractivity contribution is -0.142. The van der Waals surface area contributed by atoms with Crippen LogP contribution in [0.15, 0.2) is 18.2 Å². The highest BCUT2D eigenvalue weighted by Gasteiger charge is 2.58. The molecule has 2 aromatic rings. The molecule has 0 saturated carbocycles. The lowest BCUT2D eigenvalue weighted by atomic mass is 9.89. The number of halogens is 3. The molecule has 1 spiro atoms. The Balaban J connectivity index is 1.33.